The van der Waals surface area contributed by atoms with Crippen LogP contribution in [0.15, 0.2) is 95.5 Å². The molecule has 0 saturated carbocycles. The van der Waals surface area contributed by atoms with Crippen molar-refractivity contribution in [3.05, 3.63) is 134 Å². The molecule has 0 fully saturated rings. The molecule has 0 aliphatic heterocycles. The van der Waals surface area contributed by atoms with E-state index >= 15 is 0 Å². The number of nitrogens with zero attached hydrogens (tertiary/aromatic N) is 3. The molecule has 0 saturated heterocycles. The Kier molecular flexibility index (Phi) is 17.5. The molecule has 12 nitrogen and oxygen atoms in total. The smallest absolute Gasteiger partial charge is 0.345 e. The molecule has 0 atom stereocenters. The predicted octanol–water partition coefficient (Wildman–Crippen LogP) is 8.79. The van der Waals surface area contributed by atoms with Gasteiger partial charge in [-0.25, -0.2) is 19.6 Å². The molecule has 1 N–H and O–H groups in total. The second-order valence-corrected chi connectivity index (χ2v) is 13.8. The topological polar surface area (TPSA) is 156 Å². The monoisotopic (exact) mass is 845 g/mol. The number of Topliss-reactive ketones (excluding diaryl/α,β-unsaturated/α-hetero) is 1. The average Bonchev–Trinajstić information content (AvgIpc) is 3.83. The van der Waals surface area contributed by atoms with Crippen LogP contribution in [0.5, 0.6) is 11.8 Å². The maximum Gasteiger partial charge on any atom is 0.345 e. The summed E-state index contributed by atoms with van der Waals surface area (Å²) in [7, 11) is 0. The van der Waals surface area contributed by atoms with E-state index in [1.807, 2.05) is 31.2 Å². The number of aromatic nitrogens is 2. The molecule has 2 aliphatic rings. The van der Waals surface area contributed by atoms with Gasteiger partial charge in [0.25, 0.3) is 0 Å². The first-order chi connectivity index (χ1) is 28.1. The normalized spacial score (nSPS) is 13.9. The number of rotatable bonds is 15. The molecule has 59 heavy (non-hydrogen) atoms. The van der Waals surface area contributed by atoms with Gasteiger partial charge in [0, 0.05) is 61.7 Å². The summed E-state index contributed by atoms with van der Waals surface area (Å²) in [4.78, 5) is 49.8. The lowest BCUT2D eigenvalue weighted by molar-refractivity contribution is -0.139. The third-order valence-electron chi connectivity index (χ3n) is 9.02. The van der Waals surface area contributed by atoms with Crippen LogP contribution in [-0.2, 0) is 49.5 Å². The van der Waals surface area contributed by atoms with Gasteiger partial charge in [0.15, 0.2) is 0 Å². The van der Waals surface area contributed by atoms with E-state index in [1.165, 1.54) is 53.0 Å². The molecule has 6 rings (SSSR count). The number of ether oxygens (including phenoxy) is 5. The van der Waals surface area contributed by atoms with Gasteiger partial charge in [-0.05, 0) is 49.9 Å². The summed E-state index contributed by atoms with van der Waals surface area (Å²) in [6.45, 7) is 7.98. The molecule has 4 aromatic rings. The Hall–Kier alpha value is -5.72. The van der Waals surface area contributed by atoms with Crippen LogP contribution in [0.25, 0.3) is 5.76 Å². The number of hydrogen-bond acceptors (Lipinski definition) is 12. The summed E-state index contributed by atoms with van der Waals surface area (Å²) < 4.78 is 27.1. The zero-order chi connectivity index (χ0) is 41.6. The van der Waals surface area contributed by atoms with Gasteiger partial charge in [-0.15, -0.1) is 0 Å². The highest BCUT2D eigenvalue weighted by Crippen LogP contribution is 2.31. The Labute approximate surface area is 354 Å². The van der Waals surface area contributed by atoms with Gasteiger partial charge < -0.3 is 28.8 Å². The van der Waals surface area contributed by atoms with E-state index in [-0.39, 0.29) is 76.8 Å². The average molecular weight is 847 g/mol. The third kappa shape index (κ3) is 12.2. The minimum Gasteiger partial charge on any atom is -0.506 e. The number of ketones is 1. The number of carbonyl (C=O) groups is 3. The number of aliphatic imine (C=N–C) groups is 1. The van der Waals surface area contributed by atoms with Crippen molar-refractivity contribution in [1.29, 1.82) is 0 Å². The van der Waals surface area contributed by atoms with Crippen molar-refractivity contribution in [1.82, 2.24) is 9.97 Å². The van der Waals surface area contributed by atoms with Crippen LogP contribution in [0, 0.1) is 0 Å². The summed E-state index contributed by atoms with van der Waals surface area (Å²) in [5.41, 5.74) is 5.04. The van der Waals surface area contributed by atoms with Gasteiger partial charge >= 0.3 is 11.9 Å². The number of hydrogen-bond donors (Lipinski definition) is 1. The highest BCUT2D eigenvalue weighted by Gasteiger charge is 2.28. The molecule has 0 unspecified atom stereocenters. The number of aliphatic hydroxyl groups is 1. The second kappa shape index (κ2) is 22.4. The number of esters is 2. The van der Waals surface area contributed by atoms with E-state index < -0.39 is 17.7 Å². The zero-order valence-electron chi connectivity index (χ0n) is 32.7. The largest absolute Gasteiger partial charge is 0.506 e. The fourth-order valence-electron chi connectivity index (χ4n) is 6.33. The van der Waals surface area contributed by atoms with Gasteiger partial charge in [0.05, 0.1) is 42.3 Å². The standard InChI is InChI=1S/C22H23ClN2O4.C22H22ClNO5.CH4/c1-3-24-12-18(22(27)28-4-2)21(26)17-11-20(25-13-19(17)23)29-16-9-14-7-5-6-8-15(14)10-16;1-3-27-13-18(22(26)28-4-2)21(25)17-11-20(24-12-19(17)23)29-16-9-14-7-5-6-8-15(14)10-16;/h5-8,11-13,16,26H,3-4,9-10H2,1-2H3;5-8,11-13,16H,3-4,9-10H2,1-2H3;1H4/b;18-13-;. The molecule has 2 aromatic heterocycles. The predicted molar refractivity (Wildman–Crippen MR) is 228 cm³/mol. The highest BCUT2D eigenvalue weighted by molar-refractivity contribution is 6.36. The molecular formula is C45H49Cl2N3O9. The highest BCUT2D eigenvalue weighted by atomic mass is 35.5. The molecular weight excluding hydrogens is 797 g/mol. The van der Waals surface area contributed by atoms with E-state index in [2.05, 4.69) is 39.2 Å². The minimum atomic E-state index is -0.771. The van der Waals surface area contributed by atoms with E-state index in [4.69, 9.17) is 46.9 Å². The van der Waals surface area contributed by atoms with Crippen LogP contribution in [0.1, 0.15) is 73.3 Å². The van der Waals surface area contributed by atoms with E-state index in [9.17, 15) is 19.5 Å². The first-order valence-electron chi connectivity index (χ1n) is 19.0. The van der Waals surface area contributed by atoms with Crippen LogP contribution >= 0.6 is 23.2 Å². The maximum atomic E-state index is 12.9. The summed E-state index contributed by atoms with van der Waals surface area (Å²) in [5.74, 6) is -1.78. The van der Waals surface area contributed by atoms with Crippen LogP contribution in [0.2, 0.25) is 10.0 Å². The number of fused-ring (bicyclic) bond motifs is 2. The van der Waals surface area contributed by atoms with Crippen LogP contribution in [-0.4, -0.2) is 77.6 Å². The fraction of sp³-hybridized carbons (Fsp3) is 0.333. The van der Waals surface area contributed by atoms with Crippen LogP contribution in [0.4, 0.5) is 0 Å². The lowest BCUT2D eigenvalue weighted by Crippen LogP contribution is -2.19. The Morgan fingerprint density at radius 1 is 0.729 bits per heavy atom. The molecule has 0 bridgehead atoms. The Morgan fingerprint density at radius 2 is 1.19 bits per heavy atom. The molecule has 2 aliphatic carbocycles. The van der Waals surface area contributed by atoms with E-state index in [0.29, 0.717) is 19.0 Å². The quantitative estimate of drug-likeness (QED) is 0.0232. The Balaban J connectivity index is 0.000000256. The van der Waals surface area contributed by atoms with Crippen molar-refractivity contribution in [2.24, 2.45) is 4.99 Å². The van der Waals surface area contributed by atoms with Gasteiger partial charge in [-0.2, -0.15) is 0 Å². The van der Waals surface area contributed by atoms with Crippen molar-refractivity contribution in [3.8, 4) is 11.8 Å². The third-order valence-corrected chi connectivity index (χ3v) is 9.63. The summed E-state index contributed by atoms with van der Waals surface area (Å²) in [6, 6.07) is 19.3. The van der Waals surface area contributed by atoms with E-state index in [0.717, 1.165) is 31.9 Å². The first-order valence-corrected chi connectivity index (χ1v) is 19.7. The number of halogens is 2. The van der Waals surface area contributed by atoms with E-state index in [1.54, 1.807) is 20.8 Å². The lowest BCUT2D eigenvalue weighted by Gasteiger charge is -2.14. The van der Waals surface area contributed by atoms with Crippen molar-refractivity contribution in [3.63, 3.8) is 0 Å². The summed E-state index contributed by atoms with van der Waals surface area (Å²) in [5, 5.41) is 11.0. The van der Waals surface area contributed by atoms with Gasteiger partial charge in [0.2, 0.25) is 17.5 Å². The van der Waals surface area contributed by atoms with Crippen LogP contribution < -0.4 is 9.47 Å². The number of pyridine rings is 2. The SMILES string of the molecule is C.CCN=CC(C(=O)OCC)=C(O)c1cc(OC2Cc3ccccc3C2)ncc1Cl.CCO/C=C(\C(=O)OCC)C(=O)c1cc(OC2Cc3ccccc3C2)ncc1Cl. The molecule has 2 aromatic carbocycles. The fourth-order valence-corrected chi connectivity index (χ4v) is 6.71. The second-order valence-electron chi connectivity index (χ2n) is 13.0. The molecule has 0 amide bonds. The van der Waals surface area contributed by atoms with Crippen molar-refractivity contribution >= 4 is 52.9 Å². The number of benzene rings is 2. The minimum absolute atomic E-state index is 0. The molecule has 0 radical (unpaired) electrons. The molecule has 2 heterocycles. The number of aliphatic hydroxyl groups excluding tert-OH is 1. The Morgan fingerprint density at radius 3 is 1.64 bits per heavy atom. The summed E-state index contributed by atoms with van der Waals surface area (Å²) >= 11 is 12.4. The van der Waals surface area contributed by atoms with Crippen molar-refractivity contribution < 1.29 is 43.2 Å². The van der Waals surface area contributed by atoms with Crippen LogP contribution in [0.3, 0.4) is 0 Å². The zero-order valence-corrected chi connectivity index (χ0v) is 34.2. The molecule has 14 heteroatoms. The maximum absolute atomic E-state index is 12.9. The Bertz CT molecular complexity index is 2150. The van der Waals surface area contributed by atoms with Gasteiger partial charge in [0.1, 0.15) is 35.4 Å². The van der Waals surface area contributed by atoms with Gasteiger partial charge in [-0.3, -0.25) is 9.79 Å². The summed E-state index contributed by atoms with van der Waals surface area (Å²) in [6.07, 6.45) is 8.11. The van der Waals surface area contributed by atoms with Crippen molar-refractivity contribution in [2.75, 3.05) is 26.4 Å². The first kappa shape index (κ1) is 46.0. The molecule has 312 valence electrons. The number of carbonyl (C=O) groups excluding carboxylic acids is 3. The lowest BCUT2D eigenvalue weighted by atomic mass is 10.1. The van der Waals surface area contributed by atoms with Gasteiger partial charge in [-0.1, -0.05) is 79.2 Å². The molecule has 0 spiro atoms. The van der Waals surface area contributed by atoms with Crippen molar-refractivity contribution in [2.45, 2.75) is 73.0 Å².